The zero-order valence-corrected chi connectivity index (χ0v) is 13.4. The number of rotatable bonds is 6. The number of nitro groups is 1. The summed E-state index contributed by atoms with van der Waals surface area (Å²) < 4.78 is 15.9. The normalized spacial score (nSPS) is 13.2. The Hall–Kier alpha value is -3.29. The van der Waals surface area contributed by atoms with Crippen LogP contribution in [0.3, 0.4) is 0 Å². The van der Waals surface area contributed by atoms with Gasteiger partial charge in [-0.1, -0.05) is 6.07 Å². The number of carbonyl (C=O) groups excluding carboxylic acids is 1. The Morgan fingerprint density at radius 2 is 1.96 bits per heavy atom. The van der Waals surface area contributed by atoms with Crippen LogP contribution in [0.1, 0.15) is 18.5 Å². The molecule has 2 aromatic carbocycles. The zero-order valence-electron chi connectivity index (χ0n) is 13.4. The fourth-order valence-corrected chi connectivity index (χ4v) is 2.36. The number of ether oxygens (including phenoxy) is 3. The molecule has 8 nitrogen and oxygen atoms in total. The third kappa shape index (κ3) is 3.97. The van der Waals surface area contributed by atoms with Crippen molar-refractivity contribution in [2.24, 2.45) is 0 Å². The minimum Gasteiger partial charge on any atom is -0.484 e. The van der Waals surface area contributed by atoms with E-state index in [0.29, 0.717) is 17.2 Å². The molecule has 1 aliphatic heterocycles. The molecular weight excluding hydrogens is 328 g/mol. The lowest BCUT2D eigenvalue weighted by molar-refractivity contribution is -0.384. The van der Waals surface area contributed by atoms with E-state index >= 15 is 0 Å². The molecule has 1 amide bonds. The van der Waals surface area contributed by atoms with Crippen molar-refractivity contribution in [1.82, 2.24) is 5.32 Å². The van der Waals surface area contributed by atoms with Crippen molar-refractivity contribution in [3.8, 4) is 17.2 Å². The van der Waals surface area contributed by atoms with Crippen LogP contribution in [0.15, 0.2) is 42.5 Å². The number of nitrogens with zero attached hydrogens (tertiary/aromatic N) is 1. The second-order valence-corrected chi connectivity index (χ2v) is 5.44. The molecule has 0 saturated carbocycles. The highest BCUT2D eigenvalue weighted by Gasteiger charge is 2.17. The van der Waals surface area contributed by atoms with Crippen LogP contribution < -0.4 is 19.5 Å². The van der Waals surface area contributed by atoms with Gasteiger partial charge in [0.2, 0.25) is 6.79 Å². The van der Waals surface area contributed by atoms with Crippen LogP contribution in [0.5, 0.6) is 17.2 Å². The molecule has 1 atom stereocenters. The van der Waals surface area contributed by atoms with E-state index in [1.54, 1.807) is 6.07 Å². The number of nitrogens with one attached hydrogen (secondary N) is 1. The van der Waals surface area contributed by atoms with Gasteiger partial charge in [-0.3, -0.25) is 14.9 Å². The van der Waals surface area contributed by atoms with Crippen molar-refractivity contribution >= 4 is 11.6 Å². The van der Waals surface area contributed by atoms with Gasteiger partial charge < -0.3 is 19.5 Å². The fourth-order valence-electron chi connectivity index (χ4n) is 2.36. The van der Waals surface area contributed by atoms with Crippen molar-refractivity contribution in [3.05, 3.63) is 58.1 Å². The summed E-state index contributed by atoms with van der Waals surface area (Å²) in [6.07, 6.45) is 0. The molecule has 0 aliphatic carbocycles. The number of benzene rings is 2. The highest BCUT2D eigenvalue weighted by Crippen LogP contribution is 2.34. The molecule has 3 rings (SSSR count). The molecule has 0 unspecified atom stereocenters. The van der Waals surface area contributed by atoms with Crippen LogP contribution in [0, 0.1) is 10.1 Å². The maximum atomic E-state index is 12.0. The van der Waals surface area contributed by atoms with E-state index in [-0.39, 0.29) is 31.0 Å². The first-order valence-electron chi connectivity index (χ1n) is 7.59. The van der Waals surface area contributed by atoms with Gasteiger partial charge in [0.1, 0.15) is 5.75 Å². The number of carbonyl (C=O) groups is 1. The van der Waals surface area contributed by atoms with E-state index in [9.17, 15) is 14.9 Å². The Kier molecular flexibility index (Phi) is 4.69. The second kappa shape index (κ2) is 7.08. The van der Waals surface area contributed by atoms with E-state index < -0.39 is 4.92 Å². The summed E-state index contributed by atoms with van der Waals surface area (Å²) >= 11 is 0. The van der Waals surface area contributed by atoms with Gasteiger partial charge in [-0.15, -0.1) is 0 Å². The summed E-state index contributed by atoms with van der Waals surface area (Å²) in [7, 11) is 0. The second-order valence-electron chi connectivity index (χ2n) is 5.44. The van der Waals surface area contributed by atoms with Gasteiger partial charge in [-0.25, -0.2) is 0 Å². The first-order valence-corrected chi connectivity index (χ1v) is 7.59. The number of non-ortho nitro benzene ring substituents is 1. The Balaban J connectivity index is 1.52. The minimum absolute atomic E-state index is 0.0340. The first kappa shape index (κ1) is 16.6. The Labute approximate surface area is 143 Å². The maximum Gasteiger partial charge on any atom is 0.269 e. The molecule has 1 N–H and O–H groups in total. The highest BCUT2D eigenvalue weighted by molar-refractivity contribution is 5.78. The van der Waals surface area contributed by atoms with E-state index in [1.165, 1.54) is 24.3 Å². The monoisotopic (exact) mass is 344 g/mol. The van der Waals surface area contributed by atoms with Crippen molar-refractivity contribution in [2.45, 2.75) is 13.0 Å². The third-order valence-corrected chi connectivity index (χ3v) is 3.69. The quantitative estimate of drug-likeness (QED) is 0.638. The summed E-state index contributed by atoms with van der Waals surface area (Å²) in [5.74, 6) is 1.42. The van der Waals surface area contributed by atoms with Crippen molar-refractivity contribution in [3.63, 3.8) is 0 Å². The molecule has 1 aliphatic rings. The number of amides is 1. The van der Waals surface area contributed by atoms with Gasteiger partial charge in [-0.05, 0) is 36.8 Å². The van der Waals surface area contributed by atoms with E-state index in [0.717, 1.165) is 5.56 Å². The topological polar surface area (TPSA) is 99.9 Å². The first-order chi connectivity index (χ1) is 12.0. The molecule has 0 bridgehead atoms. The molecule has 0 aromatic heterocycles. The average Bonchev–Trinajstić information content (AvgIpc) is 3.08. The van der Waals surface area contributed by atoms with E-state index in [4.69, 9.17) is 14.2 Å². The number of hydrogen-bond acceptors (Lipinski definition) is 6. The van der Waals surface area contributed by atoms with Crippen molar-refractivity contribution in [1.29, 1.82) is 0 Å². The molecule has 8 heteroatoms. The van der Waals surface area contributed by atoms with Gasteiger partial charge in [0.25, 0.3) is 11.6 Å². The van der Waals surface area contributed by atoms with E-state index in [1.807, 2.05) is 19.1 Å². The lowest BCUT2D eigenvalue weighted by Crippen LogP contribution is -2.31. The van der Waals surface area contributed by atoms with Gasteiger partial charge in [0.05, 0.1) is 11.0 Å². The van der Waals surface area contributed by atoms with Crippen LogP contribution in [0.4, 0.5) is 5.69 Å². The van der Waals surface area contributed by atoms with Crippen LogP contribution >= 0.6 is 0 Å². The zero-order chi connectivity index (χ0) is 17.8. The van der Waals surface area contributed by atoms with Gasteiger partial charge >= 0.3 is 0 Å². The van der Waals surface area contributed by atoms with Crippen LogP contribution in [0.25, 0.3) is 0 Å². The molecule has 25 heavy (non-hydrogen) atoms. The maximum absolute atomic E-state index is 12.0. The molecule has 1 heterocycles. The van der Waals surface area contributed by atoms with Gasteiger partial charge in [0, 0.05) is 12.1 Å². The lowest BCUT2D eigenvalue weighted by Gasteiger charge is -2.15. The Morgan fingerprint density at radius 1 is 1.24 bits per heavy atom. The summed E-state index contributed by atoms with van der Waals surface area (Å²) in [5.41, 5.74) is 0.848. The standard InChI is InChI=1S/C17H16N2O6/c1-11(12-2-7-15-16(8-12)25-10-24-15)18-17(20)9-23-14-5-3-13(4-6-14)19(21)22/h2-8,11H,9-10H2,1H3,(H,18,20)/t11-/m1/s1. The average molecular weight is 344 g/mol. The Bertz CT molecular complexity index is 790. The minimum atomic E-state index is -0.496. The fraction of sp³-hybridized carbons (Fsp3) is 0.235. The molecule has 0 saturated heterocycles. The number of nitro benzene ring substituents is 1. The lowest BCUT2D eigenvalue weighted by atomic mass is 10.1. The molecular formula is C17H16N2O6. The summed E-state index contributed by atoms with van der Waals surface area (Å²) in [6, 6.07) is 10.8. The smallest absolute Gasteiger partial charge is 0.269 e. The van der Waals surface area contributed by atoms with Crippen LogP contribution in [0.2, 0.25) is 0 Å². The predicted molar refractivity (Wildman–Crippen MR) is 87.7 cm³/mol. The van der Waals surface area contributed by atoms with Crippen LogP contribution in [-0.4, -0.2) is 24.2 Å². The van der Waals surface area contributed by atoms with E-state index in [2.05, 4.69) is 5.32 Å². The van der Waals surface area contributed by atoms with Gasteiger partial charge in [-0.2, -0.15) is 0 Å². The Morgan fingerprint density at radius 3 is 2.68 bits per heavy atom. The number of hydrogen-bond donors (Lipinski definition) is 1. The predicted octanol–water partition coefficient (Wildman–Crippen LogP) is 2.58. The van der Waals surface area contributed by atoms with Gasteiger partial charge in [0.15, 0.2) is 18.1 Å². The van der Waals surface area contributed by atoms with Crippen molar-refractivity contribution < 1.29 is 23.9 Å². The third-order valence-electron chi connectivity index (χ3n) is 3.69. The van der Waals surface area contributed by atoms with Crippen molar-refractivity contribution in [2.75, 3.05) is 13.4 Å². The molecule has 0 radical (unpaired) electrons. The summed E-state index contributed by atoms with van der Waals surface area (Å²) in [6.45, 7) is 1.86. The summed E-state index contributed by atoms with van der Waals surface area (Å²) in [5, 5.41) is 13.4. The molecule has 2 aromatic rings. The number of fused-ring (bicyclic) bond motifs is 1. The van der Waals surface area contributed by atoms with Crippen LogP contribution in [-0.2, 0) is 4.79 Å². The summed E-state index contributed by atoms with van der Waals surface area (Å²) in [4.78, 5) is 22.1. The largest absolute Gasteiger partial charge is 0.484 e. The highest BCUT2D eigenvalue weighted by atomic mass is 16.7. The SMILES string of the molecule is C[C@@H](NC(=O)COc1ccc([N+](=O)[O-])cc1)c1ccc2c(c1)OCO2. The molecule has 130 valence electrons. The molecule has 0 spiro atoms. The molecule has 0 fully saturated rings.